The molecule has 3 rings (SSSR count). The van der Waals surface area contributed by atoms with Crippen molar-refractivity contribution in [3.05, 3.63) is 29.3 Å². The smallest absolute Gasteiger partial charge is 0.0399 e. The Bertz CT molecular complexity index is 415. The summed E-state index contributed by atoms with van der Waals surface area (Å²) in [7, 11) is 0. The van der Waals surface area contributed by atoms with Gasteiger partial charge in [-0.1, -0.05) is 17.7 Å². The van der Waals surface area contributed by atoms with Gasteiger partial charge in [-0.25, -0.2) is 0 Å². The van der Waals surface area contributed by atoms with Gasteiger partial charge < -0.3 is 10.2 Å². The summed E-state index contributed by atoms with van der Waals surface area (Å²) in [5, 5.41) is 3.55. The van der Waals surface area contributed by atoms with Gasteiger partial charge in [0.2, 0.25) is 0 Å². The number of anilines is 1. The highest BCUT2D eigenvalue weighted by atomic mass is 15.1. The molecule has 1 aromatic carbocycles. The van der Waals surface area contributed by atoms with Crippen LogP contribution >= 0.6 is 0 Å². The quantitative estimate of drug-likeness (QED) is 0.896. The molecule has 0 aliphatic carbocycles. The van der Waals surface area contributed by atoms with E-state index in [0.29, 0.717) is 0 Å². The van der Waals surface area contributed by atoms with Gasteiger partial charge in [0, 0.05) is 18.8 Å². The lowest BCUT2D eigenvalue weighted by Crippen LogP contribution is -2.31. The van der Waals surface area contributed by atoms with Crippen molar-refractivity contribution >= 4 is 5.69 Å². The van der Waals surface area contributed by atoms with Crippen LogP contribution in [0.3, 0.4) is 0 Å². The molecule has 1 atom stereocenters. The molecule has 0 amide bonds. The summed E-state index contributed by atoms with van der Waals surface area (Å²) in [4.78, 5) is 2.59. The van der Waals surface area contributed by atoms with E-state index in [9.17, 15) is 0 Å². The van der Waals surface area contributed by atoms with Crippen LogP contribution in [0.4, 0.5) is 5.69 Å². The molecule has 0 aromatic heterocycles. The fraction of sp³-hybridized carbons (Fsp3) is 0.647. The van der Waals surface area contributed by atoms with E-state index >= 15 is 0 Å². The van der Waals surface area contributed by atoms with Crippen LogP contribution in [-0.2, 0) is 6.42 Å². The van der Waals surface area contributed by atoms with Crippen molar-refractivity contribution in [2.24, 2.45) is 5.92 Å². The van der Waals surface area contributed by atoms with Crippen molar-refractivity contribution < 1.29 is 0 Å². The molecule has 1 aromatic rings. The molecular weight excluding hydrogens is 232 g/mol. The van der Waals surface area contributed by atoms with E-state index in [0.717, 1.165) is 5.92 Å². The van der Waals surface area contributed by atoms with Gasteiger partial charge in [0.15, 0.2) is 0 Å². The molecule has 0 bridgehead atoms. The second kappa shape index (κ2) is 5.96. The lowest BCUT2D eigenvalue weighted by Gasteiger charge is -2.27. The van der Waals surface area contributed by atoms with Crippen molar-refractivity contribution in [1.29, 1.82) is 0 Å². The molecule has 2 heteroatoms. The topological polar surface area (TPSA) is 15.3 Å². The van der Waals surface area contributed by atoms with Crippen molar-refractivity contribution in [3.8, 4) is 0 Å². The average Bonchev–Trinajstić information content (AvgIpc) is 2.94. The Morgan fingerprint density at radius 1 is 1.21 bits per heavy atom. The summed E-state index contributed by atoms with van der Waals surface area (Å²) in [6.07, 6.45) is 6.70. The van der Waals surface area contributed by atoms with Crippen molar-refractivity contribution in [2.45, 2.75) is 39.0 Å². The first-order valence-corrected chi connectivity index (χ1v) is 7.88. The van der Waals surface area contributed by atoms with Crippen LogP contribution in [0.25, 0.3) is 0 Å². The Labute approximate surface area is 117 Å². The fourth-order valence-corrected chi connectivity index (χ4v) is 3.55. The zero-order valence-electron chi connectivity index (χ0n) is 12.1. The Balaban J connectivity index is 1.79. The van der Waals surface area contributed by atoms with Crippen LogP contribution in [0, 0.1) is 12.8 Å². The minimum Gasteiger partial charge on any atom is -0.371 e. The molecule has 0 radical (unpaired) electrons. The average molecular weight is 258 g/mol. The molecular formula is C17H26N2. The highest BCUT2D eigenvalue weighted by molar-refractivity contribution is 5.55. The second-order valence-electron chi connectivity index (χ2n) is 6.24. The zero-order chi connectivity index (χ0) is 13.1. The number of nitrogens with zero attached hydrogens (tertiary/aromatic N) is 1. The predicted molar refractivity (Wildman–Crippen MR) is 81.9 cm³/mol. The standard InChI is InChI=1S/C17H26N2/c1-14-6-7-17(19-9-2-3-10-19)16(11-14)12-15-5-4-8-18-13-15/h6-7,11,15,18H,2-5,8-10,12-13H2,1H3. The fourth-order valence-electron chi connectivity index (χ4n) is 3.55. The summed E-state index contributed by atoms with van der Waals surface area (Å²) in [5.74, 6) is 0.830. The van der Waals surface area contributed by atoms with Crippen LogP contribution in [0.2, 0.25) is 0 Å². The van der Waals surface area contributed by atoms with Gasteiger partial charge >= 0.3 is 0 Å². The van der Waals surface area contributed by atoms with Crippen molar-refractivity contribution in [2.75, 3.05) is 31.1 Å². The Morgan fingerprint density at radius 2 is 2.05 bits per heavy atom. The minimum absolute atomic E-state index is 0.830. The summed E-state index contributed by atoms with van der Waals surface area (Å²) in [6, 6.07) is 7.05. The number of piperidine rings is 1. The molecule has 0 spiro atoms. The summed E-state index contributed by atoms with van der Waals surface area (Å²) < 4.78 is 0. The molecule has 0 saturated carbocycles. The van der Waals surface area contributed by atoms with Crippen LogP contribution in [0.5, 0.6) is 0 Å². The monoisotopic (exact) mass is 258 g/mol. The Morgan fingerprint density at radius 3 is 2.79 bits per heavy atom. The maximum Gasteiger partial charge on any atom is 0.0399 e. The molecule has 2 aliphatic rings. The van der Waals surface area contributed by atoms with Crippen molar-refractivity contribution in [3.63, 3.8) is 0 Å². The number of benzene rings is 1. The third kappa shape index (κ3) is 3.11. The number of rotatable bonds is 3. The third-order valence-corrected chi connectivity index (χ3v) is 4.59. The number of aryl methyl sites for hydroxylation is 1. The maximum atomic E-state index is 3.55. The first-order chi connectivity index (χ1) is 9.33. The lowest BCUT2D eigenvalue weighted by molar-refractivity contribution is 0.376. The first-order valence-electron chi connectivity index (χ1n) is 7.88. The van der Waals surface area contributed by atoms with Gasteiger partial charge in [-0.05, 0) is 69.7 Å². The normalized spacial score (nSPS) is 23.8. The van der Waals surface area contributed by atoms with Crippen LogP contribution in [0.1, 0.15) is 36.8 Å². The molecule has 2 aliphatic heterocycles. The van der Waals surface area contributed by atoms with E-state index in [1.165, 1.54) is 69.5 Å². The number of hydrogen-bond acceptors (Lipinski definition) is 2. The predicted octanol–water partition coefficient (Wildman–Crippen LogP) is 3.14. The van der Waals surface area contributed by atoms with Gasteiger partial charge in [0.25, 0.3) is 0 Å². The molecule has 2 saturated heterocycles. The van der Waals surface area contributed by atoms with E-state index in [2.05, 4.69) is 35.3 Å². The lowest BCUT2D eigenvalue weighted by atomic mass is 9.91. The third-order valence-electron chi connectivity index (χ3n) is 4.59. The second-order valence-corrected chi connectivity index (χ2v) is 6.24. The van der Waals surface area contributed by atoms with E-state index in [4.69, 9.17) is 0 Å². The van der Waals surface area contributed by atoms with E-state index in [-0.39, 0.29) is 0 Å². The zero-order valence-corrected chi connectivity index (χ0v) is 12.1. The number of nitrogens with one attached hydrogen (secondary N) is 1. The molecule has 2 nitrogen and oxygen atoms in total. The van der Waals surface area contributed by atoms with Gasteiger partial charge in [0.1, 0.15) is 0 Å². The van der Waals surface area contributed by atoms with Crippen LogP contribution < -0.4 is 10.2 Å². The molecule has 1 N–H and O–H groups in total. The summed E-state index contributed by atoms with van der Waals surface area (Å²) in [5.41, 5.74) is 4.49. The van der Waals surface area contributed by atoms with Gasteiger partial charge in [-0.3, -0.25) is 0 Å². The van der Waals surface area contributed by atoms with E-state index in [1.54, 1.807) is 5.56 Å². The minimum atomic E-state index is 0.830. The summed E-state index contributed by atoms with van der Waals surface area (Å²) in [6.45, 7) is 7.13. The van der Waals surface area contributed by atoms with E-state index < -0.39 is 0 Å². The Hall–Kier alpha value is -1.02. The molecule has 2 fully saturated rings. The maximum absolute atomic E-state index is 3.55. The molecule has 2 heterocycles. The highest BCUT2D eigenvalue weighted by Crippen LogP contribution is 2.29. The van der Waals surface area contributed by atoms with Gasteiger partial charge in [0.05, 0.1) is 0 Å². The van der Waals surface area contributed by atoms with Gasteiger partial charge in [-0.2, -0.15) is 0 Å². The number of hydrogen-bond donors (Lipinski definition) is 1. The van der Waals surface area contributed by atoms with Crippen LogP contribution in [-0.4, -0.2) is 26.2 Å². The van der Waals surface area contributed by atoms with Gasteiger partial charge in [-0.15, -0.1) is 0 Å². The molecule has 19 heavy (non-hydrogen) atoms. The molecule has 1 unspecified atom stereocenters. The van der Waals surface area contributed by atoms with Crippen LogP contribution in [0.15, 0.2) is 18.2 Å². The highest BCUT2D eigenvalue weighted by Gasteiger charge is 2.19. The SMILES string of the molecule is Cc1ccc(N2CCCC2)c(CC2CCCNC2)c1. The Kier molecular flexibility index (Phi) is 4.07. The molecule has 104 valence electrons. The largest absolute Gasteiger partial charge is 0.371 e. The van der Waals surface area contributed by atoms with Crippen molar-refractivity contribution in [1.82, 2.24) is 5.32 Å². The summed E-state index contributed by atoms with van der Waals surface area (Å²) >= 11 is 0. The first kappa shape index (κ1) is 13.0. The van der Waals surface area contributed by atoms with E-state index in [1.807, 2.05) is 0 Å².